The number of methoxy groups -OCH3 is 2. The highest BCUT2D eigenvalue weighted by Crippen LogP contribution is 2.58. The van der Waals surface area contributed by atoms with Crippen LogP contribution < -0.4 is 9.47 Å². The minimum absolute atomic E-state index is 0.0764. The number of hydrogen-bond acceptors (Lipinski definition) is 7. The average molecular weight is 525 g/mol. The molecule has 0 spiro atoms. The number of rotatable bonds is 9. The van der Waals surface area contributed by atoms with Crippen molar-refractivity contribution >= 4 is 28.4 Å². The van der Waals surface area contributed by atoms with Crippen molar-refractivity contribution in [3.8, 4) is 11.6 Å². The molecule has 0 radical (unpaired) electrons. The lowest BCUT2D eigenvalue weighted by atomic mass is 9.81. The van der Waals surface area contributed by atoms with Gasteiger partial charge >= 0.3 is 5.97 Å². The van der Waals surface area contributed by atoms with E-state index in [4.69, 9.17) is 14.2 Å². The van der Waals surface area contributed by atoms with Crippen LogP contribution in [0.15, 0.2) is 30.5 Å². The fraction of sp³-hybridized carbons (Fsp3) is 0.600. The third-order valence-electron chi connectivity index (χ3n) is 8.61. The summed E-state index contributed by atoms with van der Waals surface area (Å²) in [6.07, 6.45) is 3.15. The zero-order chi connectivity index (χ0) is 27.8. The fourth-order valence-corrected chi connectivity index (χ4v) is 5.64. The van der Waals surface area contributed by atoms with Gasteiger partial charge in [0, 0.05) is 30.3 Å². The molecule has 8 heteroatoms. The number of hydrogen-bond donors (Lipinski definition) is 0. The summed E-state index contributed by atoms with van der Waals surface area (Å²) in [5.41, 5.74) is -1.04. The first-order chi connectivity index (χ1) is 17.9. The van der Waals surface area contributed by atoms with Crippen molar-refractivity contribution in [2.45, 2.75) is 72.4 Å². The lowest BCUT2D eigenvalue weighted by Crippen LogP contribution is -2.46. The Kier molecular flexibility index (Phi) is 7.73. The van der Waals surface area contributed by atoms with E-state index in [9.17, 15) is 14.4 Å². The lowest BCUT2D eigenvalue weighted by Gasteiger charge is -2.33. The van der Waals surface area contributed by atoms with Gasteiger partial charge in [0.1, 0.15) is 11.9 Å². The second kappa shape index (κ2) is 10.5. The largest absolute Gasteiger partial charge is 0.497 e. The SMILES string of the molecule is CC[C@@H]1C[C@]1(CC(=O)[C@@H]1C[C@@H](Oc2nccc3cc(OC)ccc23)CN1C(=O)[C@@H](C)C(C)(C)C)C(=O)OC. The minimum atomic E-state index is -0.778. The maximum absolute atomic E-state index is 13.8. The summed E-state index contributed by atoms with van der Waals surface area (Å²) in [4.78, 5) is 46.2. The van der Waals surface area contributed by atoms with E-state index in [0.29, 0.717) is 18.7 Å². The summed E-state index contributed by atoms with van der Waals surface area (Å²) >= 11 is 0. The standard InChI is InChI=1S/C30H40N2O6/c1-8-20-15-30(20,28(35)37-7)16-25(33)24-14-22(17-32(24)27(34)18(2)29(3,4)5)38-26-23-10-9-21(36-6)13-19(23)11-12-31-26/h9-13,18,20,22,24H,8,14-17H2,1-7H3/t18-,20-,22-,24+,30-/m1/s1. The molecule has 1 saturated carbocycles. The summed E-state index contributed by atoms with van der Waals surface area (Å²) in [6.45, 7) is 10.3. The topological polar surface area (TPSA) is 95.0 Å². The van der Waals surface area contributed by atoms with Gasteiger partial charge in [0.2, 0.25) is 11.8 Å². The number of aromatic nitrogens is 1. The summed E-state index contributed by atoms with van der Waals surface area (Å²) in [7, 11) is 2.99. The van der Waals surface area contributed by atoms with Crippen molar-refractivity contribution < 1.29 is 28.6 Å². The molecule has 8 nitrogen and oxygen atoms in total. The van der Waals surface area contributed by atoms with Gasteiger partial charge in [0.25, 0.3) is 0 Å². The number of carbonyl (C=O) groups excluding carboxylic acids is 3. The molecule has 2 fully saturated rings. The minimum Gasteiger partial charge on any atom is -0.497 e. The van der Waals surface area contributed by atoms with Gasteiger partial charge in [-0.25, -0.2) is 4.98 Å². The zero-order valence-corrected chi connectivity index (χ0v) is 23.6. The first-order valence-corrected chi connectivity index (χ1v) is 13.5. The number of nitrogens with zero attached hydrogens (tertiary/aromatic N) is 2. The Morgan fingerprint density at radius 1 is 1.18 bits per heavy atom. The number of pyridine rings is 1. The number of carbonyl (C=O) groups is 3. The van der Waals surface area contributed by atoms with Gasteiger partial charge in [-0.05, 0) is 47.4 Å². The van der Waals surface area contributed by atoms with Crippen molar-refractivity contribution in [1.29, 1.82) is 0 Å². The Morgan fingerprint density at radius 3 is 2.53 bits per heavy atom. The third kappa shape index (κ3) is 5.22. The number of amides is 1. The molecule has 0 unspecified atom stereocenters. The van der Waals surface area contributed by atoms with Gasteiger partial charge in [0.05, 0.1) is 32.2 Å². The van der Waals surface area contributed by atoms with E-state index in [2.05, 4.69) is 4.98 Å². The molecular weight excluding hydrogens is 484 g/mol. The van der Waals surface area contributed by atoms with E-state index in [-0.39, 0.29) is 47.9 Å². The van der Waals surface area contributed by atoms with Crippen LogP contribution in [-0.4, -0.2) is 60.5 Å². The van der Waals surface area contributed by atoms with Gasteiger partial charge in [0.15, 0.2) is 5.78 Å². The average Bonchev–Trinajstić information content (AvgIpc) is 3.45. The molecule has 2 aromatic rings. The maximum Gasteiger partial charge on any atom is 0.312 e. The van der Waals surface area contributed by atoms with Gasteiger partial charge in [-0.15, -0.1) is 0 Å². The molecule has 1 saturated heterocycles. The normalized spacial score (nSPS) is 25.7. The molecular formula is C30H40N2O6. The molecule has 0 bridgehead atoms. The highest BCUT2D eigenvalue weighted by Gasteiger charge is 2.61. The Hall–Kier alpha value is -3.16. The summed E-state index contributed by atoms with van der Waals surface area (Å²) in [5, 5.41) is 1.76. The molecule has 1 aromatic carbocycles. The van der Waals surface area contributed by atoms with Crippen LogP contribution in [0.4, 0.5) is 0 Å². The Morgan fingerprint density at radius 2 is 1.92 bits per heavy atom. The number of Topliss-reactive ketones (excluding diaryl/α,β-unsaturated/α-hetero) is 1. The highest BCUT2D eigenvalue weighted by atomic mass is 16.5. The first kappa shape index (κ1) is 27.9. The van der Waals surface area contributed by atoms with Crippen molar-refractivity contribution in [2.24, 2.45) is 22.7 Å². The Bertz CT molecular complexity index is 1220. The summed E-state index contributed by atoms with van der Waals surface area (Å²) < 4.78 is 16.8. The van der Waals surface area contributed by atoms with Crippen molar-refractivity contribution in [2.75, 3.05) is 20.8 Å². The van der Waals surface area contributed by atoms with E-state index in [1.54, 1.807) is 18.2 Å². The van der Waals surface area contributed by atoms with Crippen LogP contribution in [0.3, 0.4) is 0 Å². The fourth-order valence-electron chi connectivity index (χ4n) is 5.64. The van der Waals surface area contributed by atoms with E-state index in [1.165, 1.54) is 7.11 Å². The first-order valence-electron chi connectivity index (χ1n) is 13.5. The monoisotopic (exact) mass is 524 g/mol. The third-order valence-corrected chi connectivity index (χ3v) is 8.61. The van der Waals surface area contributed by atoms with Gasteiger partial charge in [-0.1, -0.05) is 41.0 Å². The van der Waals surface area contributed by atoms with Crippen molar-refractivity contribution in [1.82, 2.24) is 9.88 Å². The molecule has 1 aromatic heterocycles. The second-order valence-corrected chi connectivity index (χ2v) is 11.9. The van der Waals surface area contributed by atoms with E-state index in [0.717, 1.165) is 22.9 Å². The van der Waals surface area contributed by atoms with Crippen LogP contribution in [0.5, 0.6) is 11.6 Å². The summed E-state index contributed by atoms with van der Waals surface area (Å²) in [5.74, 6) is 0.508. The molecule has 38 heavy (non-hydrogen) atoms. The second-order valence-electron chi connectivity index (χ2n) is 11.9. The molecule has 4 rings (SSSR count). The molecule has 1 aliphatic carbocycles. The number of likely N-dealkylation sites (tertiary alicyclic amines) is 1. The Labute approximate surface area is 225 Å². The van der Waals surface area contributed by atoms with E-state index < -0.39 is 17.6 Å². The van der Waals surface area contributed by atoms with Crippen molar-refractivity contribution in [3.63, 3.8) is 0 Å². The lowest BCUT2D eigenvalue weighted by molar-refractivity contribution is -0.150. The van der Waals surface area contributed by atoms with Crippen LogP contribution in [-0.2, 0) is 19.1 Å². The van der Waals surface area contributed by atoms with Crippen LogP contribution in [0.1, 0.15) is 60.3 Å². The van der Waals surface area contributed by atoms with Crippen molar-refractivity contribution in [3.05, 3.63) is 30.5 Å². The smallest absolute Gasteiger partial charge is 0.312 e. The Balaban J connectivity index is 1.60. The number of esters is 1. The predicted molar refractivity (Wildman–Crippen MR) is 144 cm³/mol. The zero-order valence-electron chi connectivity index (χ0n) is 23.6. The van der Waals surface area contributed by atoms with Crippen LogP contribution >= 0.6 is 0 Å². The van der Waals surface area contributed by atoms with E-state index >= 15 is 0 Å². The molecule has 1 amide bonds. The molecule has 1 aliphatic heterocycles. The molecule has 5 atom stereocenters. The number of ether oxygens (including phenoxy) is 3. The van der Waals surface area contributed by atoms with Gasteiger partial charge in [-0.2, -0.15) is 0 Å². The quantitative estimate of drug-likeness (QED) is 0.434. The summed E-state index contributed by atoms with van der Waals surface area (Å²) in [6, 6.07) is 6.89. The number of benzene rings is 1. The predicted octanol–water partition coefficient (Wildman–Crippen LogP) is 4.82. The van der Waals surface area contributed by atoms with Gasteiger partial charge < -0.3 is 19.1 Å². The van der Waals surface area contributed by atoms with Gasteiger partial charge in [-0.3, -0.25) is 14.4 Å². The highest BCUT2D eigenvalue weighted by molar-refractivity contribution is 5.95. The number of ketones is 1. The van der Waals surface area contributed by atoms with Crippen LogP contribution in [0.25, 0.3) is 10.8 Å². The molecule has 2 heterocycles. The number of fused-ring (bicyclic) bond motifs is 1. The van der Waals surface area contributed by atoms with E-state index in [1.807, 2.05) is 58.9 Å². The van der Waals surface area contributed by atoms with Crippen LogP contribution in [0.2, 0.25) is 0 Å². The van der Waals surface area contributed by atoms with Crippen LogP contribution in [0, 0.1) is 22.7 Å². The molecule has 2 aliphatic rings. The molecule has 206 valence electrons. The molecule has 0 N–H and O–H groups in total. The maximum atomic E-state index is 13.8.